The molecule has 0 aromatic carbocycles. The van der Waals surface area contributed by atoms with Crippen LogP contribution in [0.15, 0.2) is 24.5 Å². The number of nitrogens with zero attached hydrogens (tertiary/aromatic N) is 1. The molecule has 0 aliphatic carbocycles. The number of aliphatic hydroxyl groups excluding tert-OH is 1. The van der Waals surface area contributed by atoms with Crippen molar-refractivity contribution in [2.45, 2.75) is 12.5 Å². The highest BCUT2D eigenvalue weighted by Crippen LogP contribution is 2.00. The van der Waals surface area contributed by atoms with Gasteiger partial charge in [0.15, 0.2) is 12.4 Å². The van der Waals surface area contributed by atoms with Crippen molar-refractivity contribution < 1.29 is 19.7 Å². The minimum Gasteiger partial charge on any atom is -0.619 e. The first-order chi connectivity index (χ1) is 7.11. The van der Waals surface area contributed by atoms with E-state index in [1.54, 1.807) is 12.1 Å². The van der Waals surface area contributed by atoms with Gasteiger partial charge < -0.3 is 20.7 Å². The molecule has 0 unspecified atom stereocenters. The molecule has 0 saturated carbocycles. The third kappa shape index (κ3) is 3.82. The van der Waals surface area contributed by atoms with E-state index in [4.69, 9.17) is 10.2 Å². The minimum atomic E-state index is -1.18. The van der Waals surface area contributed by atoms with Gasteiger partial charge >= 0.3 is 6.09 Å². The lowest BCUT2D eigenvalue weighted by Crippen LogP contribution is -2.38. The predicted molar refractivity (Wildman–Crippen MR) is 51.1 cm³/mol. The van der Waals surface area contributed by atoms with Crippen molar-refractivity contribution in [2.75, 3.05) is 6.61 Å². The monoisotopic (exact) mass is 212 g/mol. The molecule has 1 rings (SSSR count). The number of pyridine rings is 1. The van der Waals surface area contributed by atoms with Gasteiger partial charge in [-0.25, -0.2) is 4.79 Å². The Hall–Kier alpha value is -1.82. The molecule has 15 heavy (non-hydrogen) atoms. The Balaban J connectivity index is 2.58. The normalized spacial score (nSPS) is 12.1. The average molecular weight is 212 g/mol. The van der Waals surface area contributed by atoms with Crippen LogP contribution in [0.5, 0.6) is 0 Å². The quantitative estimate of drug-likeness (QED) is 0.462. The highest BCUT2D eigenvalue weighted by atomic mass is 16.5. The summed E-state index contributed by atoms with van der Waals surface area (Å²) in [5, 5.41) is 30.2. The number of hydrogen-bond acceptors (Lipinski definition) is 3. The molecule has 1 atom stereocenters. The maximum atomic E-state index is 10.7. The lowest BCUT2D eigenvalue weighted by atomic mass is 10.1. The second-order valence-corrected chi connectivity index (χ2v) is 3.10. The van der Waals surface area contributed by atoms with E-state index in [1.807, 2.05) is 0 Å². The van der Waals surface area contributed by atoms with Gasteiger partial charge in [0.1, 0.15) is 0 Å². The Morgan fingerprint density at radius 3 is 2.60 bits per heavy atom. The zero-order valence-electron chi connectivity index (χ0n) is 7.96. The third-order valence-corrected chi connectivity index (χ3v) is 1.90. The van der Waals surface area contributed by atoms with Crippen LogP contribution in [0.3, 0.4) is 0 Å². The number of carboxylic acid groups (broad SMARTS) is 1. The van der Waals surface area contributed by atoms with Gasteiger partial charge in [-0.3, -0.25) is 0 Å². The fourth-order valence-electron chi connectivity index (χ4n) is 1.20. The van der Waals surface area contributed by atoms with Crippen molar-refractivity contribution in [3.8, 4) is 0 Å². The Labute approximate surface area is 86.4 Å². The largest absolute Gasteiger partial charge is 0.619 e. The molecule has 0 fully saturated rings. The maximum Gasteiger partial charge on any atom is 0.404 e. The summed E-state index contributed by atoms with van der Waals surface area (Å²) in [5.41, 5.74) is 0.787. The first kappa shape index (κ1) is 11.3. The van der Waals surface area contributed by atoms with Crippen LogP contribution in [0.2, 0.25) is 0 Å². The Kier molecular flexibility index (Phi) is 3.87. The summed E-state index contributed by atoms with van der Waals surface area (Å²) in [7, 11) is 0. The molecule has 6 nitrogen and oxygen atoms in total. The van der Waals surface area contributed by atoms with Gasteiger partial charge in [-0.05, 0) is 12.0 Å². The summed E-state index contributed by atoms with van der Waals surface area (Å²) >= 11 is 0. The first-order valence-electron chi connectivity index (χ1n) is 4.40. The van der Waals surface area contributed by atoms with Gasteiger partial charge in [0.2, 0.25) is 0 Å². The van der Waals surface area contributed by atoms with E-state index in [2.05, 4.69) is 5.32 Å². The predicted octanol–water partition coefficient (Wildman–Crippen LogP) is -0.509. The summed E-state index contributed by atoms with van der Waals surface area (Å²) in [6, 6.07) is 2.61. The molecule has 1 aromatic heterocycles. The molecule has 0 saturated heterocycles. The van der Waals surface area contributed by atoms with E-state index in [-0.39, 0.29) is 6.61 Å². The second-order valence-electron chi connectivity index (χ2n) is 3.10. The molecule has 82 valence electrons. The number of aromatic nitrogens is 1. The molecule has 1 aromatic rings. The van der Waals surface area contributed by atoms with Crippen LogP contribution in [0.1, 0.15) is 5.56 Å². The van der Waals surface area contributed by atoms with Gasteiger partial charge in [-0.2, -0.15) is 4.73 Å². The summed E-state index contributed by atoms with van der Waals surface area (Å²) in [6.45, 7) is -0.279. The number of hydrogen-bond donors (Lipinski definition) is 3. The van der Waals surface area contributed by atoms with E-state index < -0.39 is 12.1 Å². The Morgan fingerprint density at radius 2 is 2.13 bits per heavy atom. The number of carbonyl (C=O) groups is 1. The number of amides is 1. The lowest BCUT2D eigenvalue weighted by molar-refractivity contribution is -0.605. The van der Waals surface area contributed by atoms with Crippen molar-refractivity contribution in [3.05, 3.63) is 35.3 Å². The average Bonchev–Trinajstić information content (AvgIpc) is 2.19. The molecule has 6 heteroatoms. The van der Waals surface area contributed by atoms with Gasteiger partial charge in [0, 0.05) is 12.1 Å². The molecule has 0 aliphatic rings. The highest BCUT2D eigenvalue weighted by Gasteiger charge is 2.11. The summed E-state index contributed by atoms with van der Waals surface area (Å²) in [4.78, 5) is 10.3. The number of rotatable bonds is 4. The molecule has 0 spiro atoms. The van der Waals surface area contributed by atoms with E-state index >= 15 is 0 Å². The molecular weight excluding hydrogens is 200 g/mol. The van der Waals surface area contributed by atoms with Crippen molar-refractivity contribution in [1.29, 1.82) is 0 Å². The van der Waals surface area contributed by atoms with E-state index in [1.165, 1.54) is 12.4 Å². The van der Waals surface area contributed by atoms with E-state index in [0.29, 0.717) is 11.2 Å². The van der Waals surface area contributed by atoms with Gasteiger partial charge in [0.25, 0.3) is 0 Å². The van der Waals surface area contributed by atoms with Crippen molar-refractivity contribution in [3.63, 3.8) is 0 Å². The fourth-order valence-corrected chi connectivity index (χ4v) is 1.20. The second kappa shape index (κ2) is 5.16. The summed E-state index contributed by atoms with van der Waals surface area (Å²) in [6.07, 6.45) is 1.82. The molecule has 1 heterocycles. The van der Waals surface area contributed by atoms with E-state index in [9.17, 15) is 10.0 Å². The van der Waals surface area contributed by atoms with Crippen LogP contribution in [-0.4, -0.2) is 29.0 Å². The SMILES string of the molecule is O=C(O)N[C@@H](CO)Cc1cc[n+]([O-])cc1. The Morgan fingerprint density at radius 1 is 1.53 bits per heavy atom. The van der Waals surface area contributed by atoms with Crippen LogP contribution in [0, 0.1) is 5.21 Å². The first-order valence-corrected chi connectivity index (χ1v) is 4.40. The van der Waals surface area contributed by atoms with Crippen molar-refractivity contribution >= 4 is 6.09 Å². The minimum absolute atomic E-state index is 0.279. The van der Waals surface area contributed by atoms with Crippen LogP contribution in [-0.2, 0) is 6.42 Å². The van der Waals surface area contributed by atoms with Crippen molar-refractivity contribution in [2.24, 2.45) is 0 Å². The molecule has 0 aliphatic heterocycles. The topological polar surface area (TPSA) is 96.5 Å². The summed E-state index contributed by atoms with van der Waals surface area (Å²) in [5.74, 6) is 0. The molecular formula is C9H12N2O4. The number of aliphatic hydroxyl groups is 1. The highest BCUT2D eigenvalue weighted by molar-refractivity contribution is 5.64. The lowest BCUT2D eigenvalue weighted by Gasteiger charge is -2.13. The van der Waals surface area contributed by atoms with Crippen LogP contribution in [0.25, 0.3) is 0 Å². The van der Waals surface area contributed by atoms with Crippen LogP contribution in [0.4, 0.5) is 4.79 Å². The molecule has 0 bridgehead atoms. The van der Waals surface area contributed by atoms with Gasteiger partial charge in [-0.1, -0.05) is 0 Å². The molecule has 0 radical (unpaired) electrons. The van der Waals surface area contributed by atoms with Crippen molar-refractivity contribution in [1.82, 2.24) is 5.32 Å². The molecule has 1 amide bonds. The van der Waals surface area contributed by atoms with Gasteiger partial charge in [-0.15, -0.1) is 0 Å². The smallest absolute Gasteiger partial charge is 0.404 e. The summed E-state index contributed by atoms with van der Waals surface area (Å²) < 4.78 is 0.641. The van der Waals surface area contributed by atoms with Gasteiger partial charge in [0.05, 0.1) is 12.6 Å². The van der Waals surface area contributed by atoms with Crippen LogP contribution < -0.4 is 10.0 Å². The zero-order valence-corrected chi connectivity index (χ0v) is 7.96. The maximum absolute atomic E-state index is 10.7. The third-order valence-electron chi connectivity index (χ3n) is 1.90. The Bertz CT molecular complexity index is 325. The fraction of sp³-hybridized carbons (Fsp3) is 0.333. The zero-order chi connectivity index (χ0) is 11.3. The van der Waals surface area contributed by atoms with Crippen LogP contribution >= 0.6 is 0 Å². The van der Waals surface area contributed by atoms with E-state index in [0.717, 1.165) is 5.56 Å². The standard InChI is InChI=1S/C9H12N2O4/c12-6-8(10-9(13)14)5-7-1-3-11(15)4-2-7/h1-4,8,10,12H,5-6H2,(H,13,14)/t8-/m1/s1. The molecule has 3 N–H and O–H groups in total. The number of nitrogens with one attached hydrogen (secondary N) is 1.